The van der Waals surface area contributed by atoms with Crippen LogP contribution in [0.4, 0.5) is 0 Å². The minimum Gasteiger partial charge on any atom is -0.298 e. The summed E-state index contributed by atoms with van der Waals surface area (Å²) < 4.78 is 0. The normalized spacial score (nSPS) is 26.6. The first-order chi connectivity index (χ1) is 7.25. The van der Waals surface area contributed by atoms with E-state index in [0.29, 0.717) is 11.7 Å². The molecule has 0 amide bonds. The summed E-state index contributed by atoms with van der Waals surface area (Å²) in [5.74, 6) is 1.02. The number of ketones is 1. The fraction of sp³-hybridized carbons (Fsp3) is 0.462. The van der Waals surface area contributed by atoms with Crippen LogP contribution in [-0.4, -0.2) is 11.0 Å². The molecule has 0 aromatic heterocycles. The molecular formula is C13H16OS. The van der Waals surface area contributed by atoms with E-state index in [9.17, 15) is 4.79 Å². The molecule has 0 radical (unpaired) electrons. The van der Waals surface area contributed by atoms with Crippen molar-refractivity contribution in [3.05, 3.63) is 30.3 Å². The van der Waals surface area contributed by atoms with Gasteiger partial charge < -0.3 is 0 Å². The minimum absolute atomic E-state index is 0.198. The molecule has 0 saturated heterocycles. The topological polar surface area (TPSA) is 17.1 Å². The maximum atomic E-state index is 11.8. The number of Topliss-reactive ketones (excluding diaryl/α,β-unsaturated/α-hetero) is 1. The van der Waals surface area contributed by atoms with Crippen molar-refractivity contribution >= 4 is 17.5 Å². The molecule has 80 valence electrons. The van der Waals surface area contributed by atoms with Gasteiger partial charge in [0.1, 0.15) is 5.78 Å². The first-order valence-corrected chi connectivity index (χ1v) is 6.38. The van der Waals surface area contributed by atoms with Crippen LogP contribution in [0.2, 0.25) is 0 Å². The quantitative estimate of drug-likeness (QED) is 0.758. The second kappa shape index (κ2) is 4.84. The molecule has 0 aliphatic heterocycles. The highest BCUT2D eigenvalue weighted by atomic mass is 32.2. The summed E-state index contributed by atoms with van der Waals surface area (Å²) in [4.78, 5) is 13.0. The molecule has 0 N–H and O–H groups in total. The fourth-order valence-corrected chi connectivity index (χ4v) is 3.09. The zero-order valence-corrected chi connectivity index (χ0v) is 9.80. The molecule has 15 heavy (non-hydrogen) atoms. The number of thioether (sulfide) groups is 1. The Balaban J connectivity index is 1.98. The minimum atomic E-state index is 0.198. The maximum absolute atomic E-state index is 11.8. The highest BCUT2D eigenvalue weighted by molar-refractivity contribution is 8.00. The SMILES string of the molecule is C[C@@H]1CC[C@@H](Sc2ccccc2)C(=O)C1. The van der Waals surface area contributed by atoms with Crippen molar-refractivity contribution in [2.24, 2.45) is 5.92 Å². The van der Waals surface area contributed by atoms with Gasteiger partial charge in [0.15, 0.2) is 0 Å². The molecule has 2 rings (SSSR count). The Labute approximate surface area is 95.3 Å². The second-order valence-electron chi connectivity index (χ2n) is 4.27. The molecule has 0 bridgehead atoms. The monoisotopic (exact) mass is 220 g/mol. The number of hydrogen-bond acceptors (Lipinski definition) is 2. The summed E-state index contributed by atoms with van der Waals surface area (Å²) in [5.41, 5.74) is 0. The number of carbonyl (C=O) groups is 1. The van der Waals surface area contributed by atoms with Crippen molar-refractivity contribution in [3.63, 3.8) is 0 Å². The fourth-order valence-electron chi connectivity index (χ4n) is 1.96. The van der Waals surface area contributed by atoms with E-state index in [4.69, 9.17) is 0 Å². The highest BCUT2D eigenvalue weighted by Crippen LogP contribution is 2.33. The van der Waals surface area contributed by atoms with Crippen LogP contribution in [0, 0.1) is 5.92 Å². The Hall–Kier alpha value is -0.760. The van der Waals surface area contributed by atoms with E-state index in [1.165, 1.54) is 11.3 Å². The van der Waals surface area contributed by atoms with Gasteiger partial charge >= 0.3 is 0 Å². The summed E-state index contributed by atoms with van der Waals surface area (Å²) in [6.45, 7) is 2.17. The van der Waals surface area contributed by atoms with E-state index in [1.807, 2.05) is 18.2 Å². The van der Waals surface area contributed by atoms with Gasteiger partial charge in [-0.1, -0.05) is 25.1 Å². The highest BCUT2D eigenvalue weighted by Gasteiger charge is 2.26. The molecule has 1 aromatic carbocycles. The van der Waals surface area contributed by atoms with Crippen molar-refractivity contribution < 1.29 is 4.79 Å². The summed E-state index contributed by atoms with van der Waals surface area (Å²) >= 11 is 1.73. The number of carbonyl (C=O) groups excluding carboxylic acids is 1. The number of rotatable bonds is 2. The lowest BCUT2D eigenvalue weighted by molar-refractivity contribution is -0.120. The van der Waals surface area contributed by atoms with E-state index in [0.717, 1.165) is 12.8 Å². The van der Waals surface area contributed by atoms with Gasteiger partial charge in [-0.2, -0.15) is 0 Å². The molecule has 0 spiro atoms. The predicted molar refractivity (Wildman–Crippen MR) is 64.1 cm³/mol. The summed E-state index contributed by atoms with van der Waals surface area (Å²) in [5, 5.41) is 0.198. The third kappa shape index (κ3) is 2.85. The molecule has 1 aromatic rings. The van der Waals surface area contributed by atoms with Gasteiger partial charge in [0.2, 0.25) is 0 Å². The van der Waals surface area contributed by atoms with E-state index in [2.05, 4.69) is 19.1 Å². The first kappa shape index (κ1) is 10.7. The zero-order chi connectivity index (χ0) is 10.7. The van der Waals surface area contributed by atoms with Gasteiger partial charge in [-0.25, -0.2) is 0 Å². The van der Waals surface area contributed by atoms with Gasteiger partial charge in [0, 0.05) is 11.3 Å². The summed E-state index contributed by atoms with van der Waals surface area (Å²) in [6, 6.07) is 10.2. The number of hydrogen-bond donors (Lipinski definition) is 0. The molecule has 1 aliphatic carbocycles. The largest absolute Gasteiger partial charge is 0.298 e. The van der Waals surface area contributed by atoms with Crippen molar-refractivity contribution in [1.29, 1.82) is 0 Å². The lowest BCUT2D eigenvalue weighted by atomic mass is 9.89. The average Bonchev–Trinajstić information content (AvgIpc) is 2.24. The molecule has 1 fully saturated rings. The molecule has 1 aliphatic rings. The van der Waals surface area contributed by atoms with Crippen LogP contribution in [0.3, 0.4) is 0 Å². The van der Waals surface area contributed by atoms with Gasteiger partial charge in [-0.3, -0.25) is 4.79 Å². The van der Waals surface area contributed by atoms with Crippen LogP contribution in [0.15, 0.2) is 35.2 Å². The zero-order valence-electron chi connectivity index (χ0n) is 8.98. The van der Waals surface area contributed by atoms with E-state index >= 15 is 0 Å². The Morgan fingerprint density at radius 1 is 1.20 bits per heavy atom. The summed E-state index contributed by atoms with van der Waals surface area (Å²) in [7, 11) is 0. The van der Waals surface area contributed by atoms with Crippen LogP contribution >= 0.6 is 11.8 Å². The van der Waals surface area contributed by atoms with Crippen LogP contribution in [0.1, 0.15) is 26.2 Å². The average molecular weight is 220 g/mol. The van der Waals surface area contributed by atoms with Gasteiger partial charge in [0.05, 0.1) is 5.25 Å². The second-order valence-corrected chi connectivity index (χ2v) is 5.55. The van der Waals surface area contributed by atoms with Crippen LogP contribution in [0.25, 0.3) is 0 Å². The lowest BCUT2D eigenvalue weighted by Crippen LogP contribution is -2.25. The predicted octanol–water partition coefficient (Wildman–Crippen LogP) is 3.54. The van der Waals surface area contributed by atoms with Crippen LogP contribution in [0.5, 0.6) is 0 Å². The maximum Gasteiger partial charge on any atom is 0.146 e. The van der Waals surface area contributed by atoms with Crippen LogP contribution < -0.4 is 0 Å². The van der Waals surface area contributed by atoms with E-state index in [1.54, 1.807) is 11.8 Å². The number of benzene rings is 1. The molecule has 0 heterocycles. The van der Waals surface area contributed by atoms with Crippen molar-refractivity contribution in [1.82, 2.24) is 0 Å². The molecule has 2 heteroatoms. The van der Waals surface area contributed by atoms with E-state index in [-0.39, 0.29) is 5.25 Å². The molecule has 0 unspecified atom stereocenters. The smallest absolute Gasteiger partial charge is 0.146 e. The standard InChI is InChI=1S/C13H16OS/c1-10-7-8-13(12(14)9-10)15-11-5-3-2-4-6-11/h2-6,10,13H,7-9H2,1H3/t10-,13-/m1/s1. The molecule has 2 atom stereocenters. The first-order valence-electron chi connectivity index (χ1n) is 5.50. The van der Waals surface area contributed by atoms with Gasteiger partial charge in [-0.15, -0.1) is 11.8 Å². The Morgan fingerprint density at radius 2 is 1.93 bits per heavy atom. The van der Waals surface area contributed by atoms with E-state index < -0.39 is 0 Å². The Kier molecular flexibility index (Phi) is 3.47. The van der Waals surface area contributed by atoms with Gasteiger partial charge in [-0.05, 0) is 30.9 Å². The summed E-state index contributed by atoms with van der Waals surface area (Å²) in [6.07, 6.45) is 3.00. The van der Waals surface area contributed by atoms with Crippen molar-refractivity contribution in [3.8, 4) is 0 Å². The lowest BCUT2D eigenvalue weighted by Gasteiger charge is -2.24. The van der Waals surface area contributed by atoms with Gasteiger partial charge in [0.25, 0.3) is 0 Å². The Bertz CT molecular complexity index is 334. The van der Waals surface area contributed by atoms with Crippen LogP contribution in [-0.2, 0) is 4.79 Å². The third-order valence-electron chi connectivity index (χ3n) is 2.85. The van der Waals surface area contributed by atoms with Crippen molar-refractivity contribution in [2.45, 2.75) is 36.3 Å². The molecule has 1 saturated carbocycles. The molecular weight excluding hydrogens is 204 g/mol. The third-order valence-corrected chi connectivity index (χ3v) is 4.18. The van der Waals surface area contributed by atoms with Crippen molar-refractivity contribution in [2.75, 3.05) is 0 Å². The Morgan fingerprint density at radius 3 is 2.60 bits per heavy atom. The molecule has 1 nitrogen and oxygen atoms in total.